The SMILES string of the molecule is C#Cc1cccc(Oc2cccc(C#C)c2C#C)c1C#C.c1cc2ccc1-2. The van der Waals surface area contributed by atoms with E-state index in [2.05, 4.69) is 47.9 Å². The van der Waals surface area contributed by atoms with Gasteiger partial charge in [0.15, 0.2) is 0 Å². The molecule has 0 N–H and O–H groups in total. The Morgan fingerprint density at radius 1 is 0.519 bits per heavy atom. The smallest absolute Gasteiger partial charge is 0.144 e. The van der Waals surface area contributed by atoms with Gasteiger partial charge in [-0.1, -0.05) is 60.1 Å². The Hall–Kier alpha value is -4.30. The van der Waals surface area contributed by atoms with Crippen molar-refractivity contribution in [3.63, 3.8) is 0 Å². The Morgan fingerprint density at radius 2 is 0.926 bits per heavy atom. The fourth-order valence-electron chi connectivity index (χ4n) is 2.55. The highest BCUT2D eigenvalue weighted by Gasteiger charge is 2.11. The maximum absolute atomic E-state index is 5.83. The Balaban J connectivity index is 0.000000290. The van der Waals surface area contributed by atoms with Gasteiger partial charge < -0.3 is 4.74 Å². The van der Waals surface area contributed by atoms with Crippen LogP contribution < -0.4 is 4.74 Å². The van der Waals surface area contributed by atoms with Crippen LogP contribution in [0.3, 0.4) is 0 Å². The number of terminal acetylenes is 4. The van der Waals surface area contributed by atoms with E-state index in [0.717, 1.165) is 0 Å². The van der Waals surface area contributed by atoms with Crippen molar-refractivity contribution < 1.29 is 4.74 Å². The van der Waals surface area contributed by atoms with Gasteiger partial charge in [-0.2, -0.15) is 0 Å². The summed E-state index contributed by atoms with van der Waals surface area (Å²) in [7, 11) is 0. The lowest BCUT2D eigenvalue weighted by Gasteiger charge is -2.11. The number of hydrogen-bond acceptors (Lipinski definition) is 1. The van der Waals surface area contributed by atoms with Crippen LogP contribution in [0.15, 0.2) is 60.7 Å². The predicted octanol–water partition coefficient (Wildman–Crippen LogP) is 5.07. The van der Waals surface area contributed by atoms with Crippen molar-refractivity contribution in [3.05, 3.63) is 82.9 Å². The highest BCUT2D eigenvalue weighted by atomic mass is 16.5. The summed E-state index contributed by atoms with van der Waals surface area (Å²) in [4.78, 5) is 0. The minimum absolute atomic E-state index is 0.471. The van der Waals surface area contributed by atoms with Crippen LogP contribution in [-0.4, -0.2) is 0 Å². The molecule has 1 heteroatoms. The first-order valence-corrected chi connectivity index (χ1v) is 8.12. The highest BCUT2D eigenvalue weighted by Crippen LogP contribution is 2.31. The molecule has 0 amide bonds. The molecule has 4 rings (SSSR count). The summed E-state index contributed by atoms with van der Waals surface area (Å²) in [5.74, 6) is 11.1. The van der Waals surface area contributed by atoms with Gasteiger partial charge in [0.2, 0.25) is 0 Å². The minimum Gasteiger partial charge on any atom is -0.455 e. The summed E-state index contributed by atoms with van der Waals surface area (Å²) in [6.45, 7) is 0. The highest BCUT2D eigenvalue weighted by molar-refractivity contribution is 5.75. The zero-order valence-corrected chi connectivity index (χ0v) is 14.5. The molecule has 2 aromatic rings. The van der Waals surface area contributed by atoms with Gasteiger partial charge in [-0.15, -0.1) is 25.7 Å². The van der Waals surface area contributed by atoms with E-state index in [4.69, 9.17) is 30.4 Å². The topological polar surface area (TPSA) is 9.23 Å². The van der Waals surface area contributed by atoms with E-state index >= 15 is 0 Å². The van der Waals surface area contributed by atoms with E-state index in [0.29, 0.717) is 33.8 Å². The second-order valence-corrected chi connectivity index (χ2v) is 5.61. The molecule has 0 saturated carbocycles. The minimum atomic E-state index is 0.471. The Bertz CT molecular complexity index is 1070. The van der Waals surface area contributed by atoms with E-state index in [1.54, 1.807) is 36.4 Å². The van der Waals surface area contributed by atoms with Crippen LogP contribution in [0.5, 0.6) is 11.5 Å². The molecule has 0 atom stereocenters. The van der Waals surface area contributed by atoms with Gasteiger partial charge in [-0.25, -0.2) is 0 Å². The van der Waals surface area contributed by atoms with E-state index in [1.807, 2.05) is 0 Å². The van der Waals surface area contributed by atoms with Crippen molar-refractivity contribution in [2.75, 3.05) is 0 Å². The second kappa shape index (κ2) is 7.72. The van der Waals surface area contributed by atoms with Crippen molar-refractivity contribution in [2.24, 2.45) is 0 Å². The standard InChI is InChI=1S/C20H10O.C6H4/c1-5-15-11-9-13-19(17(15)7-3)21-20-14-10-12-16(6-2)18(20)8-4;1-2-6-4-3-5(1)6/h1-4,9-14H;1-4H. The maximum Gasteiger partial charge on any atom is 0.144 e. The molecule has 0 spiro atoms. The summed E-state index contributed by atoms with van der Waals surface area (Å²) in [6, 6.07) is 19.0. The van der Waals surface area contributed by atoms with Crippen LogP contribution in [-0.2, 0) is 0 Å². The Labute approximate surface area is 160 Å². The first-order valence-electron chi connectivity index (χ1n) is 8.12. The van der Waals surface area contributed by atoms with Crippen LogP contribution in [0, 0.1) is 49.4 Å². The number of ether oxygens (including phenoxy) is 1. The molecule has 0 aliphatic heterocycles. The quantitative estimate of drug-likeness (QED) is 0.462. The molecule has 27 heavy (non-hydrogen) atoms. The average Bonchev–Trinajstić information content (AvgIpc) is 2.70. The summed E-state index contributed by atoms with van der Waals surface area (Å²) in [5, 5.41) is 0. The normalized spacial score (nSPS) is 9.33. The first-order chi connectivity index (χ1) is 13.2. The monoisotopic (exact) mass is 342 g/mol. The van der Waals surface area contributed by atoms with Gasteiger partial charge >= 0.3 is 0 Å². The van der Waals surface area contributed by atoms with Gasteiger partial charge in [0.05, 0.1) is 11.1 Å². The van der Waals surface area contributed by atoms with E-state index in [-0.39, 0.29) is 0 Å². The molecule has 0 fully saturated rings. The van der Waals surface area contributed by atoms with Crippen molar-refractivity contribution in [1.82, 2.24) is 0 Å². The van der Waals surface area contributed by atoms with Gasteiger partial charge in [0.1, 0.15) is 11.5 Å². The fraction of sp³-hybridized carbons (Fsp3) is 0. The molecule has 0 saturated heterocycles. The molecule has 0 aromatic heterocycles. The third-order valence-corrected chi connectivity index (χ3v) is 4.09. The van der Waals surface area contributed by atoms with Crippen LogP contribution >= 0.6 is 0 Å². The van der Waals surface area contributed by atoms with Crippen LogP contribution in [0.25, 0.3) is 11.1 Å². The van der Waals surface area contributed by atoms with Crippen LogP contribution in [0.4, 0.5) is 0 Å². The van der Waals surface area contributed by atoms with Crippen molar-refractivity contribution >= 4 is 0 Å². The average molecular weight is 342 g/mol. The van der Waals surface area contributed by atoms with Crippen LogP contribution in [0.2, 0.25) is 0 Å². The lowest BCUT2D eigenvalue weighted by atomic mass is 9.95. The first kappa shape index (κ1) is 17.5. The fourth-order valence-corrected chi connectivity index (χ4v) is 2.55. The molecule has 2 aromatic carbocycles. The molecule has 2 aliphatic carbocycles. The van der Waals surface area contributed by atoms with Gasteiger partial charge in [-0.05, 0) is 35.4 Å². The van der Waals surface area contributed by atoms with Crippen molar-refractivity contribution in [1.29, 1.82) is 0 Å². The largest absolute Gasteiger partial charge is 0.455 e. The third kappa shape index (κ3) is 3.41. The molecular weight excluding hydrogens is 328 g/mol. The number of hydrogen-bond donors (Lipinski definition) is 0. The van der Waals surface area contributed by atoms with Gasteiger partial charge in [0.25, 0.3) is 0 Å². The Kier molecular flexibility index (Phi) is 5.01. The predicted molar refractivity (Wildman–Crippen MR) is 110 cm³/mol. The molecule has 0 heterocycles. The summed E-state index contributed by atoms with van der Waals surface area (Å²) >= 11 is 0. The van der Waals surface area contributed by atoms with E-state index < -0.39 is 0 Å². The zero-order valence-electron chi connectivity index (χ0n) is 14.5. The lowest BCUT2D eigenvalue weighted by molar-refractivity contribution is 0.479. The second-order valence-electron chi connectivity index (χ2n) is 5.61. The molecule has 0 bridgehead atoms. The zero-order chi connectivity index (χ0) is 19.2. The van der Waals surface area contributed by atoms with Crippen molar-refractivity contribution in [3.8, 4) is 72.0 Å². The summed E-state index contributed by atoms with van der Waals surface area (Å²) < 4.78 is 5.83. The van der Waals surface area contributed by atoms with Gasteiger partial charge in [0, 0.05) is 11.1 Å². The Morgan fingerprint density at radius 3 is 1.19 bits per heavy atom. The van der Waals surface area contributed by atoms with E-state index in [9.17, 15) is 0 Å². The molecule has 2 aliphatic rings. The van der Waals surface area contributed by atoms with E-state index in [1.165, 1.54) is 11.1 Å². The third-order valence-electron chi connectivity index (χ3n) is 4.09. The molecule has 1 nitrogen and oxygen atoms in total. The molecular formula is C26H14O. The molecule has 124 valence electrons. The molecule has 0 unspecified atom stereocenters. The van der Waals surface area contributed by atoms with Crippen LogP contribution in [0.1, 0.15) is 22.3 Å². The summed E-state index contributed by atoms with van der Waals surface area (Å²) in [6.07, 6.45) is 21.9. The lowest BCUT2D eigenvalue weighted by Crippen LogP contribution is -1.95. The number of benzene rings is 3. The molecule has 0 radical (unpaired) electrons. The van der Waals surface area contributed by atoms with Crippen molar-refractivity contribution in [2.45, 2.75) is 0 Å². The summed E-state index contributed by atoms with van der Waals surface area (Å²) in [5.41, 5.74) is 5.05. The number of fused-ring (bicyclic) bond motifs is 1. The van der Waals surface area contributed by atoms with Gasteiger partial charge in [-0.3, -0.25) is 0 Å². The maximum atomic E-state index is 5.83. The number of rotatable bonds is 2.